The molecule has 110 valence electrons. The highest BCUT2D eigenvalue weighted by Crippen LogP contribution is 2.30. The van der Waals surface area contributed by atoms with Gasteiger partial charge in [0.25, 0.3) is 0 Å². The Morgan fingerprint density at radius 3 is 2.80 bits per heavy atom. The fourth-order valence-electron chi connectivity index (χ4n) is 3.62. The molecule has 0 amide bonds. The van der Waals surface area contributed by atoms with Gasteiger partial charge in [-0.2, -0.15) is 0 Å². The first kappa shape index (κ1) is 14.1. The zero-order chi connectivity index (χ0) is 14.0. The van der Waals surface area contributed by atoms with Crippen LogP contribution < -0.4 is 5.32 Å². The fraction of sp³-hybridized carbons (Fsp3) is 0.667. The predicted octanol–water partition coefficient (Wildman–Crippen LogP) is 3.21. The lowest BCUT2D eigenvalue weighted by atomic mass is 9.85. The van der Waals surface area contributed by atoms with E-state index in [1.165, 1.54) is 50.9 Å². The maximum atomic E-state index is 3.72. The minimum absolute atomic E-state index is 0.543. The molecule has 1 aromatic carbocycles. The van der Waals surface area contributed by atoms with Crippen LogP contribution in [-0.4, -0.2) is 30.6 Å². The van der Waals surface area contributed by atoms with E-state index in [-0.39, 0.29) is 0 Å². The van der Waals surface area contributed by atoms with Crippen LogP contribution in [0.15, 0.2) is 24.3 Å². The summed E-state index contributed by atoms with van der Waals surface area (Å²) in [7, 11) is 0. The Balaban J connectivity index is 1.57. The third kappa shape index (κ3) is 3.42. The average Bonchev–Trinajstić information content (AvgIpc) is 2.60. The van der Waals surface area contributed by atoms with Crippen LogP contribution in [-0.2, 0) is 13.0 Å². The Hall–Kier alpha value is -0.860. The van der Waals surface area contributed by atoms with Crippen LogP contribution in [0.25, 0.3) is 0 Å². The van der Waals surface area contributed by atoms with Crippen LogP contribution in [0.3, 0.4) is 0 Å². The molecule has 0 aliphatic carbocycles. The molecule has 2 nitrogen and oxygen atoms in total. The number of hydrogen-bond acceptors (Lipinski definition) is 2. The molecular weight excluding hydrogens is 244 g/mol. The summed E-state index contributed by atoms with van der Waals surface area (Å²) in [5.41, 5.74) is 3.58. The third-order valence-electron chi connectivity index (χ3n) is 5.08. The molecule has 0 saturated carbocycles. The van der Waals surface area contributed by atoms with E-state index in [0.29, 0.717) is 11.5 Å². The molecule has 20 heavy (non-hydrogen) atoms. The second-order valence-corrected chi connectivity index (χ2v) is 7.37. The van der Waals surface area contributed by atoms with Crippen LogP contribution in [0, 0.1) is 5.41 Å². The standard InChI is InChI=1S/C18H28N2/c1-18(2)8-5-10-20(11-9-18)14-17-12-15-6-3-4-7-16(15)13-19-17/h3-4,6-7,17,19H,5,8-14H2,1-2H3. The van der Waals surface area contributed by atoms with Crippen molar-refractivity contribution in [3.8, 4) is 0 Å². The molecule has 2 aliphatic heterocycles. The molecular formula is C18H28N2. The van der Waals surface area contributed by atoms with Crippen molar-refractivity contribution in [3.63, 3.8) is 0 Å². The molecule has 0 radical (unpaired) electrons. The van der Waals surface area contributed by atoms with Gasteiger partial charge >= 0.3 is 0 Å². The summed E-state index contributed by atoms with van der Waals surface area (Å²) in [6, 6.07) is 9.51. The van der Waals surface area contributed by atoms with Crippen LogP contribution >= 0.6 is 0 Å². The van der Waals surface area contributed by atoms with E-state index >= 15 is 0 Å². The molecule has 1 fully saturated rings. The molecule has 1 N–H and O–H groups in total. The third-order valence-corrected chi connectivity index (χ3v) is 5.08. The lowest BCUT2D eigenvalue weighted by Crippen LogP contribution is -2.45. The van der Waals surface area contributed by atoms with Crippen LogP contribution in [0.2, 0.25) is 0 Å². The van der Waals surface area contributed by atoms with Crippen molar-refractivity contribution in [3.05, 3.63) is 35.4 Å². The number of fused-ring (bicyclic) bond motifs is 1. The zero-order valence-corrected chi connectivity index (χ0v) is 13.0. The Bertz CT molecular complexity index is 452. The van der Waals surface area contributed by atoms with Gasteiger partial charge in [-0.15, -0.1) is 0 Å². The first-order chi connectivity index (χ1) is 9.62. The number of rotatable bonds is 2. The van der Waals surface area contributed by atoms with Gasteiger partial charge in [-0.1, -0.05) is 38.1 Å². The molecule has 3 rings (SSSR count). The maximum absolute atomic E-state index is 3.72. The average molecular weight is 272 g/mol. The van der Waals surface area contributed by atoms with Gasteiger partial charge in [0.05, 0.1) is 0 Å². The van der Waals surface area contributed by atoms with Crippen LogP contribution in [0.5, 0.6) is 0 Å². The van der Waals surface area contributed by atoms with Crippen molar-refractivity contribution in [2.24, 2.45) is 5.41 Å². The van der Waals surface area contributed by atoms with Gasteiger partial charge in [0.2, 0.25) is 0 Å². The lowest BCUT2D eigenvalue weighted by molar-refractivity contribution is 0.232. The maximum Gasteiger partial charge on any atom is 0.0238 e. The zero-order valence-electron chi connectivity index (χ0n) is 13.0. The number of hydrogen-bond donors (Lipinski definition) is 1. The van der Waals surface area contributed by atoms with E-state index in [0.717, 1.165) is 6.54 Å². The molecule has 1 atom stereocenters. The lowest BCUT2D eigenvalue weighted by Gasteiger charge is -2.31. The summed E-state index contributed by atoms with van der Waals surface area (Å²) in [6.45, 7) is 9.65. The van der Waals surface area contributed by atoms with Crippen molar-refractivity contribution in [2.45, 2.75) is 52.1 Å². The minimum atomic E-state index is 0.543. The smallest absolute Gasteiger partial charge is 0.0238 e. The van der Waals surface area contributed by atoms with E-state index in [2.05, 4.69) is 48.3 Å². The Morgan fingerprint density at radius 1 is 1.15 bits per heavy atom. The number of likely N-dealkylation sites (tertiary alicyclic amines) is 1. The minimum Gasteiger partial charge on any atom is -0.308 e. The van der Waals surface area contributed by atoms with Gasteiger partial charge in [0.1, 0.15) is 0 Å². The largest absolute Gasteiger partial charge is 0.308 e. The summed E-state index contributed by atoms with van der Waals surface area (Å²) in [5, 5.41) is 3.72. The normalized spacial score (nSPS) is 26.8. The van der Waals surface area contributed by atoms with Crippen molar-refractivity contribution in [1.29, 1.82) is 0 Å². The van der Waals surface area contributed by atoms with Crippen molar-refractivity contribution in [1.82, 2.24) is 10.2 Å². The van der Waals surface area contributed by atoms with E-state index in [9.17, 15) is 0 Å². The molecule has 1 aromatic rings. The molecule has 2 heteroatoms. The molecule has 1 saturated heterocycles. The molecule has 0 bridgehead atoms. The Kier molecular flexibility index (Phi) is 4.13. The second kappa shape index (κ2) is 5.87. The molecule has 2 aliphatic rings. The summed E-state index contributed by atoms with van der Waals surface area (Å²) in [5.74, 6) is 0. The quantitative estimate of drug-likeness (QED) is 0.889. The molecule has 1 unspecified atom stereocenters. The number of benzene rings is 1. The van der Waals surface area contributed by atoms with E-state index in [4.69, 9.17) is 0 Å². The first-order valence-electron chi connectivity index (χ1n) is 8.15. The van der Waals surface area contributed by atoms with Crippen LogP contribution in [0.1, 0.15) is 44.2 Å². The van der Waals surface area contributed by atoms with Gasteiger partial charge in [-0.05, 0) is 55.3 Å². The SMILES string of the molecule is CC1(C)CCCN(CC2Cc3ccccc3CN2)CC1. The van der Waals surface area contributed by atoms with Gasteiger partial charge in [0.15, 0.2) is 0 Å². The topological polar surface area (TPSA) is 15.3 Å². The second-order valence-electron chi connectivity index (χ2n) is 7.37. The summed E-state index contributed by atoms with van der Waals surface area (Å²) in [6.07, 6.45) is 5.27. The molecule has 0 spiro atoms. The Labute approximate surface area is 123 Å². The predicted molar refractivity (Wildman–Crippen MR) is 84.8 cm³/mol. The monoisotopic (exact) mass is 272 g/mol. The van der Waals surface area contributed by atoms with Gasteiger partial charge in [0, 0.05) is 19.1 Å². The van der Waals surface area contributed by atoms with Gasteiger partial charge in [-0.25, -0.2) is 0 Å². The fourth-order valence-corrected chi connectivity index (χ4v) is 3.62. The van der Waals surface area contributed by atoms with Crippen molar-refractivity contribution >= 4 is 0 Å². The van der Waals surface area contributed by atoms with E-state index < -0.39 is 0 Å². The molecule has 2 heterocycles. The first-order valence-corrected chi connectivity index (χ1v) is 8.15. The summed E-state index contributed by atoms with van der Waals surface area (Å²) < 4.78 is 0. The Morgan fingerprint density at radius 2 is 1.95 bits per heavy atom. The number of nitrogens with one attached hydrogen (secondary N) is 1. The summed E-state index contributed by atoms with van der Waals surface area (Å²) >= 11 is 0. The highest BCUT2D eigenvalue weighted by molar-refractivity contribution is 5.29. The van der Waals surface area contributed by atoms with E-state index in [1.807, 2.05) is 0 Å². The van der Waals surface area contributed by atoms with Gasteiger partial charge < -0.3 is 10.2 Å². The van der Waals surface area contributed by atoms with Crippen molar-refractivity contribution in [2.75, 3.05) is 19.6 Å². The van der Waals surface area contributed by atoms with Crippen LogP contribution in [0.4, 0.5) is 0 Å². The van der Waals surface area contributed by atoms with Gasteiger partial charge in [-0.3, -0.25) is 0 Å². The summed E-state index contributed by atoms with van der Waals surface area (Å²) in [4.78, 5) is 2.68. The highest BCUT2D eigenvalue weighted by Gasteiger charge is 2.25. The van der Waals surface area contributed by atoms with Crippen molar-refractivity contribution < 1.29 is 0 Å². The number of nitrogens with zero attached hydrogens (tertiary/aromatic N) is 1. The highest BCUT2D eigenvalue weighted by atomic mass is 15.2. The van der Waals surface area contributed by atoms with E-state index in [1.54, 1.807) is 5.56 Å². The molecule has 0 aromatic heterocycles.